The summed E-state index contributed by atoms with van der Waals surface area (Å²) in [6.45, 7) is 4.12. The van der Waals surface area contributed by atoms with Gasteiger partial charge in [-0.15, -0.1) is 0 Å². The summed E-state index contributed by atoms with van der Waals surface area (Å²) >= 11 is 0. The predicted molar refractivity (Wildman–Crippen MR) is 133 cm³/mol. The van der Waals surface area contributed by atoms with Crippen LogP contribution < -0.4 is 4.90 Å². The molecular formula is C28H35N3O3. The van der Waals surface area contributed by atoms with Gasteiger partial charge in [-0.25, -0.2) is 4.98 Å². The lowest BCUT2D eigenvalue weighted by molar-refractivity contribution is -0.139. The molecule has 5 rings (SSSR count). The number of piperidine rings is 1. The van der Waals surface area contributed by atoms with Gasteiger partial charge in [0.25, 0.3) is 0 Å². The van der Waals surface area contributed by atoms with Gasteiger partial charge >= 0.3 is 0 Å². The molecule has 0 radical (unpaired) electrons. The highest BCUT2D eigenvalue weighted by molar-refractivity contribution is 5.86. The summed E-state index contributed by atoms with van der Waals surface area (Å²) in [7, 11) is 0. The maximum absolute atomic E-state index is 13.6. The molecule has 2 aliphatic heterocycles. The van der Waals surface area contributed by atoms with Crippen molar-refractivity contribution in [3.63, 3.8) is 0 Å². The summed E-state index contributed by atoms with van der Waals surface area (Å²) in [5.41, 5.74) is 2.87. The number of carbonyl (C=O) groups is 2. The monoisotopic (exact) mass is 461 g/mol. The first-order valence-electron chi connectivity index (χ1n) is 12.7. The van der Waals surface area contributed by atoms with E-state index in [1.807, 2.05) is 30.5 Å². The fourth-order valence-electron chi connectivity index (χ4n) is 6.12. The first-order valence-corrected chi connectivity index (χ1v) is 12.7. The molecule has 3 aliphatic rings. The number of aliphatic hydroxyl groups excluding tert-OH is 1. The molecule has 1 aliphatic carbocycles. The van der Waals surface area contributed by atoms with Crippen molar-refractivity contribution in [2.45, 2.75) is 70.4 Å². The second kappa shape index (κ2) is 9.49. The highest BCUT2D eigenvalue weighted by Crippen LogP contribution is 2.43. The molecule has 2 aromatic rings. The van der Waals surface area contributed by atoms with Crippen LogP contribution in [0.2, 0.25) is 0 Å². The largest absolute Gasteiger partial charge is 0.393 e. The van der Waals surface area contributed by atoms with Gasteiger partial charge in [-0.05, 0) is 75.1 Å². The number of pyridine rings is 1. The van der Waals surface area contributed by atoms with Crippen LogP contribution in [-0.2, 0) is 16.0 Å². The lowest BCUT2D eigenvalue weighted by Gasteiger charge is -2.41. The van der Waals surface area contributed by atoms with E-state index in [1.54, 1.807) is 6.92 Å². The van der Waals surface area contributed by atoms with Crippen molar-refractivity contribution < 1.29 is 14.7 Å². The zero-order valence-electron chi connectivity index (χ0n) is 20.1. The summed E-state index contributed by atoms with van der Waals surface area (Å²) in [5.74, 6) is 1.42. The van der Waals surface area contributed by atoms with Crippen molar-refractivity contribution in [3.05, 3.63) is 48.2 Å². The van der Waals surface area contributed by atoms with Crippen LogP contribution in [0.25, 0.3) is 11.1 Å². The lowest BCUT2D eigenvalue weighted by Crippen LogP contribution is -2.50. The van der Waals surface area contributed by atoms with Crippen molar-refractivity contribution in [1.82, 2.24) is 9.88 Å². The normalized spacial score (nSPS) is 27.4. The van der Waals surface area contributed by atoms with Crippen LogP contribution in [0.5, 0.6) is 0 Å². The van der Waals surface area contributed by atoms with Crippen LogP contribution in [0, 0.1) is 5.41 Å². The van der Waals surface area contributed by atoms with Gasteiger partial charge in [-0.3, -0.25) is 9.59 Å². The van der Waals surface area contributed by atoms with E-state index in [0.717, 1.165) is 87.1 Å². The molecule has 1 aromatic carbocycles. The third-order valence-electron chi connectivity index (χ3n) is 8.04. The van der Waals surface area contributed by atoms with Crippen molar-refractivity contribution in [3.8, 4) is 11.1 Å². The van der Waals surface area contributed by atoms with Crippen LogP contribution in [0.3, 0.4) is 0 Å². The van der Waals surface area contributed by atoms with E-state index < -0.39 is 0 Å². The molecule has 1 spiro atoms. The summed E-state index contributed by atoms with van der Waals surface area (Å²) in [6, 6.07) is 12.6. The zero-order valence-corrected chi connectivity index (χ0v) is 20.1. The van der Waals surface area contributed by atoms with Crippen LogP contribution in [0.1, 0.15) is 57.4 Å². The van der Waals surface area contributed by atoms with Crippen molar-refractivity contribution >= 4 is 17.5 Å². The van der Waals surface area contributed by atoms with Crippen LogP contribution in [-0.4, -0.2) is 58.5 Å². The summed E-state index contributed by atoms with van der Waals surface area (Å²) < 4.78 is 0. The van der Waals surface area contributed by atoms with Crippen LogP contribution >= 0.6 is 0 Å². The molecule has 3 fully saturated rings. The highest BCUT2D eigenvalue weighted by atomic mass is 16.3. The second-order valence-electron chi connectivity index (χ2n) is 10.5. The lowest BCUT2D eigenvalue weighted by atomic mass is 9.78. The molecule has 1 saturated carbocycles. The summed E-state index contributed by atoms with van der Waals surface area (Å²) in [5, 5.41) is 9.84. The fraction of sp³-hybridized carbons (Fsp3) is 0.536. The van der Waals surface area contributed by atoms with Crippen LogP contribution in [0.15, 0.2) is 42.6 Å². The van der Waals surface area contributed by atoms with Crippen molar-refractivity contribution in [2.75, 3.05) is 24.5 Å². The van der Waals surface area contributed by atoms with Gasteiger partial charge < -0.3 is 14.9 Å². The Bertz CT molecular complexity index is 1030. The molecule has 6 nitrogen and oxygen atoms in total. The number of rotatable bonds is 5. The Morgan fingerprint density at radius 1 is 1.03 bits per heavy atom. The number of carbonyl (C=O) groups excluding carboxylic acids is 2. The van der Waals surface area contributed by atoms with E-state index >= 15 is 0 Å². The number of anilines is 1. The number of ketones is 1. The van der Waals surface area contributed by atoms with E-state index in [4.69, 9.17) is 4.98 Å². The standard InChI is InChI=1S/C28H35N3O3/c1-20(32)17-21-3-5-22(6-4-21)23-7-12-26(29-18-23)30-15-2-13-28(19-30)14-16-31(27(28)34)24-8-10-25(33)11-9-24/h3-7,12,18,24-25,33H,2,8-11,13-17,19H2,1H3/t24?,25?,28-/m0/s1. The molecule has 6 heteroatoms. The van der Waals surface area contributed by atoms with Crippen LogP contribution in [0.4, 0.5) is 5.82 Å². The first kappa shape index (κ1) is 23.0. The molecule has 34 heavy (non-hydrogen) atoms. The number of hydrogen-bond acceptors (Lipinski definition) is 5. The smallest absolute Gasteiger partial charge is 0.230 e. The minimum absolute atomic E-state index is 0.166. The molecule has 180 valence electrons. The third kappa shape index (κ3) is 4.61. The highest BCUT2D eigenvalue weighted by Gasteiger charge is 2.50. The molecule has 0 unspecified atom stereocenters. The minimum Gasteiger partial charge on any atom is -0.393 e. The molecule has 2 saturated heterocycles. The molecular weight excluding hydrogens is 426 g/mol. The zero-order chi connectivity index (χ0) is 23.7. The molecule has 1 atom stereocenters. The number of benzene rings is 1. The average molecular weight is 462 g/mol. The number of aromatic nitrogens is 1. The fourth-order valence-corrected chi connectivity index (χ4v) is 6.12. The quantitative estimate of drug-likeness (QED) is 0.729. The van der Waals surface area contributed by atoms with Crippen molar-refractivity contribution in [2.24, 2.45) is 5.41 Å². The second-order valence-corrected chi connectivity index (χ2v) is 10.5. The van der Waals surface area contributed by atoms with Gasteiger partial charge in [0.15, 0.2) is 0 Å². The Morgan fingerprint density at radius 2 is 1.76 bits per heavy atom. The van der Waals surface area contributed by atoms with E-state index in [2.05, 4.69) is 21.9 Å². The first-order chi connectivity index (χ1) is 16.4. The van der Waals surface area contributed by atoms with Gasteiger partial charge in [0, 0.05) is 43.9 Å². The number of amides is 1. The topological polar surface area (TPSA) is 73.7 Å². The number of likely N-dealkylation sites (tertiary alicyclic amines) is 1. The third-order valence-corrected chi connectivity index (χ3v) is 8.04. The average Bonchev–Trinajstić information content (AvgIpc) is 3.15. The number of aliphatic hydroxyl groups is 1. The van der Waals surface area contributed by atoms with Crippen molar-refractivity contribution in [1.29, 1.82) is 0 Å². The number of Topliss-reactive ketones (excluding diaryl/α,β-unsaturated/α-hetero) is 1. The predicted octanol–water partition coefficient (Wildman–Crippen LogP) is 4.00. The van der Waals surface area contributed by atoms with E-state index in [9.17, 15) is 14.7 Å². The summed E-state index contributed by atoms with van der Waals surface area (Å²) in [6.07, 6.45) is 8.53. The molecule has 0 bridgehead atoms. The van der Waals surface area contributed by atoms with E-state index in [0.29, 0.717) is 18.4 Å². The van der Waals surface area contributed by atoms with Gasteiger partial charge in [-0.2, -0.15) is 0 Å². The number of nitrogens with zero attached hydrogens (tertiary/aromatic N) is 3. The van der Waals surface area contributed by atoms with Gasteiger partial charge in [0.2, 0.25) is 5.91 Å². The minimum atomic E-state index is -0.290. The number of hydrogen-bond donors (Lipinski definition) is 1. The Kier molecular flexibility index (Phi) is 6.43. The molecule has 3 heterocycles. The Labute approximate surface area is 202 Å². The summed E-state index contributed by atoms with van der Waals surface area (Å²) in [4.78, 5) is 34.1. The maximum atomic E-state index is 13.6. The Hall–Kier alpha value is -2.73. The van der Waals surface area contributed by atoms with E-state index in [1.165, 1.54) is 0 Å². The maximum Gasteiger partial charge on any atom is 0.230 e. The molecule has 1 amide bonds. The van der Waals surface area contributed by atoms with Gasteiger partial charge in [-0.1, -0.05) is 24.3 Å². The van der Waals surface area contributed by atoms with Gasteiger partial charge in [0.1, 0.15) is 11.6 Å². The SMILES string of the molecule is CC(=O)Cc1ccc(-c2ccc(N3CCC[C@]4(CCN(C5CCC(O)CC5)C4=O)C3)nc2)cc1. The molecule has 1 N–H and O–H groups in total. The Balaban J connectivity index is 1.26. The van der Waals surface area contributed by atoms with Gasteiger partial charge in [0.05, 0.1) is 11.5 Å². The Morgan fingerprint density at radius 3 is 2.44 bits per heavy atom. The molecule has 1 aromatic heterocycles. The van der Waals surface area contributed by atoms with E-state index in [-0.39, 0.29) is 17.3 Å².